The smallest absolute Gasteiger partial charge is 0.264 e. The molecule has 3 fully saturated rings. The van der Waals surface area contributed by atoms with Gasteiger partial charge in [0.1, 0.15) is 18.1 Å². The molecule has 8 rings (SSSR count). The first-order valence-electron chi connectivity index (χ1n) is 22.4. The van der Waals surface area contributed by atoms with Gasteiger partial charge in [0.15, 0.2) is 9.84 Å². The first kappa shape index (κ1) is 45.9. The van der Waals surface area contributed by atoms with Gasteiger partial charge in [-0.25, -0.2) is 18.4 Å². The highest BCUT2D eigenvalue weighted by Gasteiger charge is 2.45. The van der Waals surface area contributed by atoms with E-state index in [2.05, 4.69) is 46.0 Å². The first-order valence-corrected chi connectivity index (χ1v) is 24.0. The predicted molar refractivity (Wildman–Crippen MR) is 247 cm³/mol. The topological polar surface area (TPSA) is 228 Å². The second-order valence-electron chi connectivity index (χ2n) is 17.1. The van der Waals surface area contributed by atoms with E-state index in [9.17, 15) is 32.4 Å². The van der Waals surface area contributed by atoms with Crippen LogP contribution in [0.2, 0.25) is 0 Å². The highest BCUT2D eigenvalue weighted by molar-refractivity contribution is 7.92. The number of hydrogen-bond acceptors (Lipinski definition) is 16. The maximum Gasteiger partial charge on any atom is 0.264 e. The van der Waals surface area contributed by atoms with Crippen LogP contribution in [0.1, 0.15) is 79.5 Å². The van der Waals surface area contributed by atoms with Crippen molar-refractivity contribution in [1.29, 1.82) is 0 Å². The van der Waals surface area contributed by atoms with Crippen LogP contribution in [0, 0.1) is 0 Å². The van der Waals surface area contributed by atoms with E-state index in [-0.39, 0.29) is 46.7 Å². The van der Waals surface area contributed by atoms with Crippen molar-refractivity contribution in [1.82, 2.24) is 35.0 Å². The monoisotopic (exact) mass is 921 g/mol. The van der Waals surface area contributed by atoms with Crippen molar-refractivity contribution < 1.29 is 37.1 Å². The highest BCUT2D eigenvalue weighted by atomic mass is 32.2. The number of piperazine rings is 1. The Bertz CT molecular complexity index is 2610. The summed E-state index contributed by atoms with van der Waals surface area (Å²) in [4.78, 5) is 84.7. The molecular formula is C46H55N11O8S. The van der Waals surface area contributed by atoms with Gasteiger partial charge >= 0.3 is 0 Å². The second kappa shape index (κ2) is 19.8. The lowest BCUT2D eigenvalue weighted by atomic mass is 10.0. The van der Waals surface area contributed by atoms with Crippen molar-refractivity contribution in [3.05, 3.63) is 78.1 Å². The number of piperidine rings is 2. The van der Waals surface area contributed by atoms with Gasteiger partial charge in [0.25, 0.3) is 11.8 Å². The van der Waals surface area contributed by atoms with Crippen LogP contribution in [-0.2, 0) is 24.2 Å². The van der Waals surface area contributed by atoms with Crippen molar-refractivity contribution in [3.8, 4) is 5.75 Å². The van der Waals surface area contributed by atoms with Gasteiger partial charge in [-0.15, -0.1) is 0 Å². The molecule has 3 saturated heterocycles. The number of sulfone groups is 1. The lowest BCUT2D eigenvalue weighted by Crippen LogP contribution is -2.54. The standard InChI is InChI=1S/C46H55N11O8S/c1-29(2)66(63,64)38-12-5-4-10-34(38)51-46-49-28-48-45(53-46)50-33-15-14-31(27-37(33)65-3)54-21-18-30(19-22-54)55-23-25-56(26-24-55)40(59)13-6-7-20-47-35-11-8-9-32-41(35)44(62)57(43(32)61)36-16-17-39(58)52-42(36)60/h4-5,8-12,14-15,27-30,36,47H,6-7,13,16-26H2,1-3H3,(H,52,58,60)(H2,48,49,50,51,53). The summed E-state index contributed by atoms with van der Waals surface area (Å²) in [6, 6.07) is 17.0. The number of fused-ring (bicyclic) bond motifs is 1. The molecule has 1 unspecified atom stereocenters. The maximum absolute atomic E-state index is 13.4. The van der Waals surface area contributed by atoms with Crippen LogP contribution < -0.4 is 30.9 Å². The molecule has 4 aliphatic heterocycles. The van der Waals surface area contributed by atoms with Gasteiger partial charge in [0, 0.05) is 82.1 Å². The van der Waals surface area contributed by atoms with E-state index in [0.29, 0.717) is 67.8 Å². The van der Waals surface area contributed by atoms with Crippen molar-refractivity contribution >= 4 is 74.0 Å². The van der Waals surface area contributed by atoms with Crippen LogP contribution in [0.5, 0.6) is 5.75 Å². The molecule has 1 atom stereocenters. The molecule has 5 heterocycles. The maximum atomic E-state index is 13.4. The molecule has 4 aromatic rings. The number of benzene rings is 3. The van der Waals surface area contributed by atoms with E-state index in [1.165, 1.54) is 6.33 Å². The largest absolute Gasteiger partial charge is 0.494 e. The molecule has 1 aromatic heterocycles. The molecule has 19 nitrogen and oxygen atoms in total. The molecule has 0 spiro atoms. The van der Waals surface area contributed by atoms with Crippen LogP contribution in [0.3, 0.4) is 0 Å². The molecule has 348 valence electrons. The SMILES string of the molecule is COc1cc(N2CCC(N3CCN(C(=O)CCCCNc4cccc5c4C(=O)N(C4CCC(=O)NC4=O)C5=O)CC3)CC2)ccc1Nc1ncnc(Nc2ccccc2S(=O)(=O)C(C)C)n1. The Labute approximate surface area is 383 Å². The number of imide groups is 2. The van der Waals surface area contributed by atoms with Crippen LogP contribution >= 0.6 is 0 Å². The zero-order valence-electron chi connectivity index (χ0n) is 37.3. The third-order valence-electron chi connectivity index (χ3n) is 12.7. The molecule has 66 heavy (non-hydrogen) atoms. The second-order valence-corrected chi connectivity index (χ2v) is 19.5. The normalized spacial score (nSPS) is 18.4. The van der Waals surface area contributed by atoms with Gasteiger partial charge < -0.3 is 30.5 Å². The molecule has 0 radical (unpaired) electrons. The highest BCUT2D eigenvalue weighted by Crippen LogP contribution is 2.35. The first-order chi connectivity index (χ1) is 31.8. The number of unbranched alkanes of at least 4 members (excludes halogenated alkanes) is 1. The number of nitrogens with zero attached hydrogens (tertiary/aromatic N) is 7. The lowest BCUT2D eigenvalue weighted by Gasteiger charge is -2.43. The summed E-state index contributed by atoms with van der Waals surface area (Å²) in [5, 5.41) is 11.1. The van der Waals surface area contributed by atoms with Gasteiger partial charge in [-0.1, -0.05) is 18.2 Å². The van der Waals surface area contributed by atoms with Crippen LogP contribution in [0.15, 0.2) is 71.9 Å². The predicted octanol–water partition coefficient (Wildman–Crippen LogP) is 4.35. The van der Waals surface area contributed by atoms with Crippen molar-refractivity contribution in [3.63, 3.8) is 0 Å². The minimum atomic E-state index is -3.55. The average molecular weight is 922 g/mol. The third kappa shape index (κ3) is 9.79. The Balaban J connectivity index is 0.764. The third-order valence-corrected chi connectivity index (χ3v) is 14.9. The zero-order valence-corrected chi connectivity index (χ0v) is 38.1. The van der Waals surface area contributed by atoms with Gasteiger partial charge in [0.2, 0.25) is 29.6 Å². The molecule has 4 N–H and O–H groups in total. The van der Waals surface area contributed by atoms with Crippen molar-refractivity contribution in [2.45, 2.75) is 81.0 Å². The van der Waals surface area contributed by atoms with Crippen molar-refractivity contribution in [2.75, 3.05) is 73.8 Å². The fourth-order valence-electron chi connectivity index (χ4n) is 8.98. The number of amides is 5. The Morgan fingerprint density at radius 1 is 0.833 bits per heavy atom. The van der Waals surface area contributed by atoms with E-state index >= 15 is 0 Å². The summed E-state index contributed by atoms with van der Waals surface area (Å²) >= 11 is 0. The van der Waals surface area contributed by atoms with Crippen LogP contribution in [0.25, 0.3) is 0 Å². The van der Waals surface area contributed by atoms with E-state index in [0.717, 1.165) is 49.6 Å². The number of ether oxygens (including phenoxy) is 1. The van der Waals surface area contributed by atoms with E-state index in [4.69, 9.17) is 4.74 Å². The van der Waals surface area contributed by atoms with Crippen molar-refractivity contribution in [2.24, 2.45) is 0 Å². The molecule has 20 heteroatoms. The minimum Gasteiger partial charge on any atom is -0.494 e. The average Bonchev–Trinajstić information content (AvgIpc) is 3.57. The number of nitrogens with one attached hydrogen (secondary N) is 4. The Kier molecular flexibility index (Phi) is 13.8. The zero-order chi connectivity index (χ0) is 46.5. The molecule has 3 aromatic carbocycles. The Hall–Kier alpha value is -6.67. The number of anilines is 6. The number of carbonyl (C=O) groups excluding carboxylic acids is 5. The quantitative estimate of drug-likeness (QED) is 0.0905. The Morgan fingerprint density at radius 3 is 2.26 bits per heavy atom. The van der Waals surface area contributed by atoms with E-state index < -0.39 is 44.8 Å². The summed E-state index contributed by atoms with van der Waals surface area (Å²) in [6.07, 6.45) is 5.25. The molecule has 0 bridgehead atoms. The van der Waals surface area contributed by atoms with Gasteiger partial charge in [-0.05, 0) is 82.3 Å². The minimum absolute atomic E-state index is 0.0575. The number of methoxy groups -OCH3 is 1. The van der Waals surface area contributed by atoms with Gasteiger partial charge in [-0.3, -0.25) is 39.1 Å². The van der Waals surface area contributed by atoms with E-state index in [1.807, 2.05) is 23.1 Å². The number of aromatic nitrogens is 3. The number of rotatable bonds is 16. The molecule has 5 amide bonds. The molecular weight excluding hydrogens is 867 g/mol. The molecule has 0 aliphatic carbocycles. The van der Waals surface area contributed by atoms with E-state index in [1.54, 1.807) is 63.4 Å². The lowest BCUT2D eigenvalue weighted by molar-refractivity contribution is -0.136. The molecule has 4 aliphatic rings. The summed E-state index contributed by atoms with van der Waals surface area (Å²) in [7, 11) is -1.94. The summed E-state index contributed by atoms with van der Waals surface area (Å²) in [5.74, 6) is -0.980. The van der Waals surface area contributed by atoms with Crippen LogP contribution in [0.4, 0.5) is 34.6 Å². The number of hydrogen-bond donors (Lipinski definition) is 4. The number of para-hydroxylation sites is 1. The summed E-state index contributed by atoms with van der Waals surface area (Å²) < 4.78 is 31.7. The summed E-state index contributed by atoms with van der Waals surface area (Å²) in [5.41, 5.74) is 3.03. The Morgan fingerprint density at radius 2 is 1.55 bits per heavy atom. The summed E-state index contributed by atoms with van der Waals surface area (Å²) in [6.45, 7) is 8.54. The molecule has 0 saturated carbocycles. The van der Waals surface area contributed by atoms with Crippen LogP contribution in [-0.4, -0.2) is 138 Å². The van der Waals surface area contributed by atoms with Gasteiger partial charge in [0.05, 0.1) is 39.8 Å². The van der Waals surface area contributed by atoms with Gasteiger partial charge in [-0.2, -0.15) is 4.98 Å². The fourth-order valence-corrected chi connectivity index (χ4v) is 10.2. The fraction of sp³-hybridized carbons (Fsp3) is 0.435. The number of carbonyl (C=O) groups is 5.